The number of hydrogen-bond donors (Lipinski definition) is 2. The van der Waals surface area contributed by atoms with Gasteiger partial charge in [0.1, 0.15) is 11.4 Å². The van der Waals surface area contributed by atoms with E-state index in [1.54, 1.807) is 12.3 Å². The lowest BCUT2D eigenvalue weighted by molar-refractivity contribution is -0.0176. The van der Waals surface area contributed by atoms with Crippen LogP contribution in [0.5, 0.6) is 0 Å². The first-order chi connectivity index (χ1) is 8.01. The molecule has 0 spiro atoms. The Balaban J connectivity index is 2.02. The molecule has 0 bridgehead atoms. The van der Waals surface area contributed by atoms with Gasteiger partial charge in [0.15, 0.2) is 0 Å². The van der Waals surface area contributed by atoms with Crippen molar-refractivity contribution >= 4 is 33.3 Å². The molecular weight excluding hydrogens is 307 g/mol. The lowest BCUT2D eigenvalue weighted by Gasteiger charge is -2.26. The van der Waals surface area contributed by atoms with Crippen LogP contribution in [0.4, 0.5) is 5.82 Å². The van der Waals surface area contributed by atoms with Gasteiger partial charge in [0.2, 0.25) is 0 Å². The fourth-order valence-corrected chi connectivity index (χ4v) is 2.48. The van der Waals surface area contributed by atoms with Crippen molar-refractivity contribution in [3.05, 3.63) is 21.8 Å². The Bertz CT molecular complexity index is 418. The summed E-state index contributed by atoms with van der Waals surface area (Å²) in [5, 5.41) is 13.9. The molecule has 0 aliphatic carbocycles. The predicted octanol–water partition coefficient (Wildman–Crippen LogP) is 2.45. The number of rotatable bonds is 3. The van der Waals surface area contributed by atoms with Crippen molar-refractivity contribution < 1.29 is 9.84 Å². The maximum atomic E-state index is 10.3. The first-order valence-corrected chi connectivity index (χ1v) is 6.57. The summed E-state index contributed by atoms with van der Waals surface area (Å²) in [7, 11) is 0. The highest BCUT2D eigenvalue weighted by atomic mass is 79.9. The van der Waals surface area contributed by atoms with Crippen LogP contribution in [0.15, 0.2) is 16.7 Å². The second kappa shape index (κ2) is 5.10. The minimum absolute atomic E-state index is 0.177. The molecule has 2 N–H and O–H groups in total. The first-order valence-electron chi connectivity index (χ1n) is 5.40. The summed E-state index contributed by atoms with van der Waals surface area (Å²) in [5.74, 6) is 0.572. The van der Waals surface area contributed by atoms with Crippen molar-refractivity contribution in [2.75, 3.05) is 18.5 Å². The predicted molar refractivity (Wildman–Crippen MR) is 70.4 cm³/mol. The molecule has 17 heavy (non-hydrogen) atoms. The van der Waals surface area contributed by atoms with Crippen molar-refractivity contribution in [3.8, 4) is 0 Å². The highest BCUT2D eigenvalue weighted by Crippen LogP contribution is 2.28. The zero-order valence-electron chi connectivity index (χ0n) is 9.41. The summed E-state index contributed by atoms with van der Waals surface area (Å²) in [4.78, 5) is 4.15. The maximum absolute atomic E-state index is 10.3. The van der Waals surface area contributed by atoms with Crippen molar-refractivity contribution in [1.29, 1.82) is 0 Å². The normalized spacial score (nSPS) is 28.4. The first kappa shape index (κ1) is 13.1. The van der Waals surface area contributed by atoms with Gasteiger partial charge in [-0.25, -0.2) is 4.98 Å². The summed E-state index contributed by atoms with van der Waals surface area (Å²) >= 11 is 9.32. The van der Waals surface area contributed by atoms with Gasteiger partial charge >= 0.3 is 0 Å². The van der Waals surface area contributed by atoms with Crippen LogP contribution >= 0.6 is 27.5 Å². The second-order valence-electron chi connectivity index (χ2n) is 4.20. The van der Waals surface area contributed by atoms with E-state index in [1.165, 1.54) is 0 Å². The lowest BCUT2D eigenvalue weighted by atomic mass is 9.97. The molecule has 2 atom stereocenters. The van der Waals surface area contributed by atoms with Gasteiger partial charge in [-0.1, -0.05) is 11.6 Å². The van der Waals surface area contributed by atoms with Crippen molar-refractivity contribution in [3.63, 3.8) is 0 Å². The number of aromatic nitrogens is 1. The number of hydrogen-bond acceptors (Lipinski definition) is 4. The summed E-state index contributed by atoms with van der Waals surface area (Å²) in [6.45, 7) is 2.83. The summed E-state index contributed by atoms with van der Waals surface area (Å²) in [5.41, 5.74) is -0.849. The number of ether oxygens (including phenoxy) is 1. The Labute approximate surface area is 113 Å². The third-order valence-corrected chi connectivity index (χ3v) is 3.75. The molecule has 4 nitrogen and oxygen atoms in total. The zero-order chi connectivity index (χ0) is 12.5. The third kappa shape index (κ3) is 2.91. The van der Waals surface area contributed by atoms with Gasteiger partial charge in [-0.2, -0.15) is 0 Å². The van der Waals surface area contributed by atoms with Gasteiger partial charge in [-0.05, 0) is 28.9 Å². The van der Waals surface area contributed by atoms with E-state index < -0.39 is 5.60 Å². The van der Waals surface area contributed by atoms with Crippen LogP contribution in [-0.2, 0) is 4.74 Å². The quantitative estimate of drug-likeness (QED) is 0.898. The van der Waals surface area contributed by atoms with Gasteiger partial charge < -0.3 is 15.2 Å². The minimum Gasteiger partial charge on any atom is -0.385 e. The average Bonchev–Trinajstić information content (AvgIpc) is 2.59. The highest BCUT2D eigenvalue weighted by molar-refractivity contribution is 9.10. The van der Waals surface area contributed by atoms with Gasteiger partial charge in [0, 0.05) is 30.2 Å². The summed E-state index contributed by atoms with van der Waals surface area (Å²) in [6.07, 6.45) is 2.10. The van der Waals surface area contributed by atoms with Crippen LogP contribution in [0.2, 0.25) is 5.02 Å². The monoisotopic (exact) mass is 320 g/mol. The van der Waals surface area contributed by atoms with Crippen LogP contribution < -0.4 is 5.32 Å². The number of nitrogens with zero attached hydrogens (tertiary/aromatic N) is 1. The Morgan fingerprint density at radius 1 is 1.76 bits per heavy atom. The largest absolute Gasteiger partial charge is 0.385 e. The molecule has 94 valence electrons. The molecule has 2 rings (SSSR count). The van der Waals surface area contributed by atoms with Crippen molar-refractivity contribution in [2.24, 2.45) is 0 Å². The molecule has 2 unspecified atom stereocenters. The molecule has 0 amide bonds. The van der Waals surface area contributed by atoms with Crippen LogP contribution in [0.3, 0.4) is 0 Å². The van der Waals surface area contributed by atoms with E-state index in [-0.39, 0.29) is 6.10 Å². The lowest BCUT2D eigenvalue weighted by Crippen LogP contribution is -2.43. The van der Waals surface area contributed by atoms with E-state index in [9.17, 15) is 5.11 Å². The number of aliphatic hydroxyl groups is 1. The van der Waals surface area contributed by atoms with Crippen molar-refractivity contribution in [1.82, 2.24) is 4.98 Å². The molecule has 0 radical (unpaired) electrons. The molecule has 0 saturated carbocycles. The molecule has 1 aromatic heterocycles. The van der Waals surface area contributed by atoms with E-state index in [0.717, 1.165) is 4.47 Å². The molecule has 2 heterocycles. The third-order valence-electron chi connectivity index (χ3n) is 3.03. The summed E-state index contributed by atoms with van der Waals surface area (Å²) < 4.78 is 6.18. The average molecular weight is 322 g/mol. The summed E-state index contributed by atoms with van der Waals surface area (Å²) in [6, 6.07) is 1.76. The fraction of sp³-hybridized carbons (Fsp3) is 0.545. The minimum atomic E-state index is -0.849. The molecule has 1 fully saturated rings. The standard InChI is InChI=1S/C11H14BrClN2O2/c1-7-11(16,2-3-17-7)6-15-10-9(13)4-8(12)5-14-10/h4-5,7,16H,2-3,6H2,1H3,(H,14,15). The second-order valence-corrected chi connectivity index (χ2v) is 5.53. The topological polar surface area (TPSA) is 54.4 Å². The molecule has 1 aliphatic rings. The Morgan fingerprint density at radius 3 is 3.12 bits per heavy atom. The van der Waals surface area contributed by atoms with E-state index in [1.807, 2.05) is 6.92 Å². The van der Waals surface area contributed by atoms with Gasteiger partial charge in [0.25, 0.3) is 0 Å². The molecule has 1 aliphatic heterocycles. The Hall–Kier alpha value is -0.360. The van der Waals surface area contributed by atoms with Crippen LogP contribution in [0.1, 0.15) is 13.3 Å². The maximum Gasteiger partial charge on any atom is 0.144 e. The molecule has 1 aromatic rings. The number of anilines is 1. The zero-order valence-corrected chi connectivity index (χ0v) is 11.8. The molecule has 1 saturated heterocycles. The SMILES string of the molecule is CC1OCCC1(O)CNc1ncc(Br)cc1Cl. The van der Waals surface area contributed by atoms with Gasteiger partial charge in [-0.15, -0.1) is 0 Å². The molecule has 0 aromatic carbocycles. The molecule has 6 heteroatoms. The Kier molecular flexibility index (Phi) is 3.92. The molecular formula is C11H14BrClN2O2. The van der Waals surface area contributed by atoms with Gasteiger partial charge in [0.05, 0.1) is 11.1 Å². The van der Waals surface area contributed by atoms with E-state index in [2.05, 4.69) is 26.2 Å². The van der Waals surface area contributed by atoms with E-state index in [0.29, 0.717) is 30.4 Å². The number of halogens is 2. The van der Waals surface area contributed by atoms with Crippen LogP contribution in [-0.4, -0.2) is 34.9 Å². The smallest absolute Gasteiger partial charge is 0.144 e. The number of pyridine rings is 1. The highest BCUT2D eigenvalue weighted by Gasteiger charge is 2.39. The van der Waals surface area contributed by atoms with Crippen LogP contribution in [0.25, 0.3) is 0 Å². The Morgan fingerprint density at radius 2 is 2.53 bits per heavy atom. The van der Waals surface area contributed by atoms with Crippen LogP contribution in [0, 0.1) is 0 Å². The van der Waals surface area contributed by atoms with E-state index in [4.69, 9.17) is 16.3 Å². The number of nitrogens with one attached hydrogen (secondary N) is 1. The fourth-order valence-electron chi connectivity index (χ4n) is 1.78. The van der Waals surface area contributed by atoms with E-state index >= 15 is 0 Å². The van der Waals surface area contributed by atoms with Crippen molar-refractivity contribution in [2.45, 2.75) is 25.0 Å². The van der Waals surface area contributed by atoms with Gasteiger partial charge in [-0.3, -0.25) is 0 Å².